The van der Waals surface area contributed by atoms with Crippen LogP contribution in [0.3, 0.4) is 0 Å². The van der Waals surface area contributed by atoms with Crippen molar-refractivity contribution in [3.8, 4) is 0 Å². The first kappa shape index (κ1) is 42.6. The third kappa shape index (κ3) is 41.6. The Hall–Kier alpha value is -0.430. The van der Waals surface area contributed by atoms with Crippen LogP contribution in [-0.4, -0.2) is 126 Å². The number of rotatable bonds is 40. The predicted octanol–water partition coefficient (Wildman–Crippen LogP) is 6.20. The second kappa shape index (κ2) is 41.6. The molecular formula is C33H67FO9. The third-order valence-electron chi connectivity index (χ3n) is 6.59. The molecule has 43 heavy (non-hydrogen) atoms. The smallest absolute Gasteiger partial charge is 0.113 e. The van der Waals surface area contributed by atoms with E-state index in [0.717, 1.165) is 13.0 Å². The number of ether oxygens (including phenoxy) is 9. The Morgan fingerprint density at radius 1 is 0.256 bits per heavy atom. The minimum Gasteiger partial charge on any atom is -0.379 e. The van der Waals surface area contributed by atoms with Crippen molar-refractivity contribution in [2.45, 2.75) is 90.4 Å². The highest BCUT2D eigenvalue weighted by molar-refractivity contribution is 4.49. The molecule has 0 saturated carbocycles. The first-order valence-electron chi connectivity index (χ1n) is 17.2. The van der Waals surface area contributed by atoms with Crippen LogP contribution in [0.1, 0.15) is 90.4 Å². The summed E-state index contributed by atoms with van der Waals surface area (Å²) in [5.74, 6) is 0. The molecule has 0 aliphatic rings. The van der Waals surface area contributed by atoms with Gasteiger partial charge in [-0.25, -0.2) is 4.39 Å². The lowest BCUT2D eigenvalue weighted by Crippen LogP contribution is -2.15. The maximum Gasteiger partial charge on any atom is 0.113 e. The summed E-state index contributed by atoms with van der Waals surface area (Å²) in [5, 5.41) is 0. The Balaban J connectivity index is 3.02. The van der Waals surface area contributed by atoms with Crippen LogP contribution in [0.25, 0.3) is 0 Å². The van der Waals surface area contributed by atoms with E-state index in [1.54, 1.807) is 0 Å². The summed E-state index contributed by atoms with van der Waals surface area (Å²) in [6.07, 6.45) is 17.8. The second-order valence-corrected chi connectivity index (χ2v) is 10.4. The van der Waals surface area contributed by atoms with E-state index in [4.69, 9.17) is 42.6 Å². The monoisotopic (exact) mass is 626 g/mol. The minimum atomic E-state index is -0.467. The van der Waals surface area contributed by atoms with E-state index in [-0.39, 0.29) is 6.61 Å². The first-order chi connectivity index (χ1) is 21.4. The van der Waals surface area contributed by atoms with E-state index < -0.39 is 6.67 Å². The number of alkyl halides is 1. The molecule has 260 valence electrons. The van der Waals surface area contributed by atoms with Gasteiger partial charge >= 0.3 is 0 Å². The Labute approximate surface area is 263 Å². The molecule has 0 aromatic heterocycles. The first-order valence-corrected chi connectivity index (χ1v) is 17.2. The Bertz CT molecular complexity index is 438. The van der Waals surface area contributed by atoms with Gasteiger partial charge in [-0.1, -0.05) is 84.0 Å². The van der Waals surface area contributed by atoms with Gasteiger partial charge in [0, 0.05) is 6.61 Å². The van der Waals surface area contributed by atoms with E-state index in [2.05, 4.69) is 6.92 Å². The summed E-state index contributed by atoms with van der Waals surface area (Å²) in [7, 11) is 0. The zero-order valence-corrected chi connectivity index (χ0v) is 27.7. The fourth-order valence-corrected chi connectivity index (χ4v) is 4.14. The topological polar surface area (TPSA) is 83.1 Å². The molecule has 10 heteroatoms. The lowest BCUT2D eigenvalue weighted by atomic mass is 10.0. The van der Waals surface area contributed by atoms with Gasteiger partial charge in [0.05, 0.1) is 112 Å². The Morgan fingerprint density at radius 3 is 0.721 bits per heavy atom. The molecule has 0 N–H and O–H groups in total. The van der Waals surface area contributed by atoms with Crippen LogP contribution >= 0.6 is 0 Å². The van der Waals surface area contributed by atoms with Crippen molar-refractivity contribution in [3.05, 3.63) is 0 Å². The SMILES string of the molecule is CCCCCCCCCCCCCCCOCCOCCOCCOCCOCCOCCOCCOCCOCCF. The average Bonchev–Trinajstić information content (AvgIpc) is 3.02. The van der Waals surface area contributed by atoms with Gasteiger partial charge in [-0.15, -0.1) is 0 Å². The summed E-state index contributed by atoms with van der Waals surface area (Å²) in [5.41, 5.74) is 0. The van der Waals surface area contributed by atoms with Crippen LogP contribution < -0.4 is 0 Å². The Morgan fingerprint density at radius 2 is 0.465 bits per heavy atom. The standard InChI is InChI=1S/C33H67FO9/c1-2-3-4-5-6-7-8-9-10-11-12-13-14-16-35-18-20-37-22-24-39-26-28-41-30-32-43-33-31-42-29-27-40-25-23-38-21-19-36-17-15-34/h2-33H2,1H3. The molecule has 0 amide bonds. The summed E-state index contributed by atoms with van der Waals surface area (Å²) in [4.78, 5) is 0. The molecule has 0 bridgehead atoms. The molecule has 0 rings (SSSR count). The highest BCUT2D eigenvalue weighted by atomic mass is 19.1. The zero-order chi connectivity index (χ0) is 31.0. The van der Waals surface area contributed by atoms with Crippen molar-refractivity contribution in [1.29, 1.82) is 0 Å². The zero-order valence-electron chi connectivity index (χ0n) is 27.7. The number of hydrogen-bond acceptors (Lipinski definition) is 9. The fourth-order valence-electron chi connectivity index (χ4n) is 4.14. The molecule has 9 nitrogen and oxygen atoms in total. The maximum absolute atomic E-state index is 11.8. The molecule has 0 aliphatic heterocycles. The van der Waals surface area contributed by atoms with Crippen LogP contribution in [0.5, 0.6) is 0 Å². The molecule has 0 fully saturated rings. The summed E-state index contributed by atoms with van der Waals surface area (Å²) in [6, 6.07) is 0. The average molecular weight is 627 g/mol. The molecule has 0 atom stereocenters. The van der Waals surface area contributed by atoms with E-state index in [1.807, 2.05) is 0 Å². The van der Waals surface area contributed by atoms with E-state index >= 15 is 0 Å². The molecule has 0 saturated heterocycles. The molecule has 0 unspecified atom stereocenters. The van der Waals surface area contributed by atoms with Crippen molar-refractivity contribution >= 4 is 0 Å². The van der Waals surface area contributed by atoms with Crippen molar-refractivity contribution in [2.24, 2.45) is 0 Å². The van der Waals surface area contributed by atoms with Gasteiger partial charge in [0.15, 0.2) is 0 Å². The van der Waals surface area contributed by atoms with Gasteiger partial charge in [0.2, 0.25) is 0 Å². The molecule has 0 heterocycles. The third-order valence-corrected chi connectivity index (χ3v) is 6.59. The van der Waals surface area contributed by atoms with E-state index in [1.165, 1.54) is 77.0 Å². The molecule has 0 radical (unpaired) electrons. The summed E-state index contributed by atoms with van der Waals surface area (Å²) in [6.45, 7) is 11.1. The molecule has 0 spiro atoms. The van der Waals surface area contributed by atoms with Gasteiger partial charge in [-0.05, 0) is 6.42 Å². The van der Waals surface area contributed by atoms with Crippen LogP contribution in [0.2, 0.25) is 0 Å². The van der Waals surface area contributed by atoms with Crippen molar-refractivity contribution in [2.75, 3.05) is 126 Å². The minimum absolute atomic E-state index is 0.121. The highest BCUT2D eigenvalue weighted by Crippen LogP contribution is 2.12. The lowest BCUT2D eigenvalue weighted by Gasteiger charge is -2.09. The van der Waals surface area contributed by atoms with Crippen LogP contribution in [-0.2, 0) is 42.6 Å². The van der Waals surface area contributed by atoms with Gasteiger partial charge in [-0.2, -0.15) is 0 Å². The predicted molar refractivity (Wildman–Crippen MR) is 169 cm³/mol. The lowest BCUT2D eigenvalue weighted by molar-refractivity contribution is -0.0252. The maximum atomic E-state index is 11.8. The van der Waals surface area contributed by atoms with Crippen molar-refractivity contribution < 1.29 is 47.0 Å². The second-order valence-electron chi connectivity index (χ2n) is 10.4. The molecule has 0 aromatic rings. The largest absolute Gasteiger partial charge is 0.379 e. The quantitative estimate of drug-likeness (QED) is 0.0739. The van der Waals surface area contributed by atoms with Crippen LogP contribution in [0.4, 0.5) is 4.39 Å². The summed E-state index contributed by atoms with van der Waals surface area (Å²) >= 11 is 0. The van der Waals surface area contributed by atoms with E-state index in [9.17, 15) is 4.39 Å². The van der Waals surface area contributed by atoms with Crippen molar-refractivity contribution in [1.82, 2.24) is 0 Å². The fraction of sp³-hybridized carbons (Fsp3) is 1.00. The van der Waals surface area contributed by atoms with Crippen molar-refractivity contribution in [3.63, 3.8) is 0 Å². The number of unbranched alkanes of at least 4 members (excludes halogenated alkanes) is 12. The molecule has 0 aromatic carbocycles. The van der Waals surface area contributed by atoms with Gasteiger partial charge in [0.1, 0.15) is 6.67 Å². The van der Waals surface area contributed by atoms with Crippen LogP contribution in [0, 0.1) is 0 Å². The molecular weight excluding hydrogens is 559 g/mol. The van der Waals surface area contributed by atoms with Gasteiger partial charge in [0.25, 0.3) is 0 Å². The van der Waals surface area contributed by atoms with Gasteiger partial charge in [-0.3, -0.25) is 0 Å². The number of hydrogen-bond donors (Lipinski definition) is 0. The van der Waals surface area contributed by atoms with E-state index in [0.29, 0.717) is 106 Å². The molecule has 0 aliphatic carbocycles. The normalized spacial score (nSPS) is 11.6. The summed E-state index contributed by atoms with van der Waals surface area (Å²) < 4.78 is 60.6. The Kier molecular flexibility index (Phi) is 41.2. The van der Waals surface area contributed by atoms with Gasteiger partial charge < -0.3 is 42.6 Å². The number of halogens is 1. The highest BCUT2D eigenvalue weighted by Gasteiger charge is 1.97. The van der Waals surface area contributed by atoms with Crippen LogP contribution in [0.15, 0.2) is 0 Å².